The Morgan fingerprint density at radius 2 is 1.72 bits per heavy atom. The monoisotopic (exact) mass is 350 g/mol. The van der Waals surface area contributed by atoms with Crippen LogP contribution in [0, 0.1) is 6.92 Å². The lowest BCUT2D eigenvalue weighted by Crippen LogP contribution is -2.40. The number of rotatable bonds is 6. The van der Waals surface area contributed by atoms with E-state index < -0.39 is 24.4 Å². The fraction of sp³-hybridized carbons (Fsp3) is 0.556. The first kappa shape index (κ1) is 19.4. The van der Waals surface area contributed by atoms with E-state index in [-0.39, 0.29) is 30.8 Å². The fourth-order valence-electron chi connectivity index (χ4n) is 2.73. The van der Waals surface area contributed by atoms with E-state index in [9.17, 15) is 19.8 Å². The molecule has 2 amide bonds. The van der Waals surface area contributed by atoms with Crippen LogP contribution < -0.4 is 10.6 Å². The highest BCUT2D eigenvalue weighted by molar-refractivity contribution is 5.94. The Bertz CT molecular complexity index is 602. The number of nitrogens with one attached hydrogen (secondary N) is 2. The molecule has 1 aromatic carbocycles. The number of ether oxygens (including phenoxy) is 1. The molecule has 1 heterocycles. The molecule has 4 N–H and O–H groups in total. The molecule has 0 bridgehead atoms. The summed E-state index contributed by atoms with van der Waals surface area (Å²) in [6.45, 7) is 5.65. The van der Waals surface area contributed by atoms with E-state index in [1.807, 2.05) is 32.9 Å². The van der Waals surface area contributed by atoms with Crippen molar-refractivity contribution in [3.05, 3.63) is 35.4 Å². The molecule has 1 aliphatic heterocycles. The highest BCUT2D eigenvalue weighted by Crippen LogP contribution is 2.23. The maximum atomic E-state index is 12.1. The molecule has 7 nitrogen and oxygen atoms in total. The van der Waals surface area contributed by atoms with Crippen LogP contribution in [-0.4, -0.2) is 59.0 Å². The van der Waals surface area contributed by atoms with E-state index in [1.54, 1.807) is 12.1 Å². The third-order valence-corrected chi connectivity index (χ3v) is 4.08. The molecular formula is C18H26N2O5. The normalized spacial score (nSPS) is 25.8. The van der Waals surface area contributed by atoms with Gasteiger partial charge in [-0.15, -0.1) is 0 Å². The van der Waals surface area contributed by atoms with Crippen LogP contribution in [0.3, 0.4) is 0 Å². The number of hydrogen-bond acceptors (Lipinski definition) is 5. The highest BCUT2D eigenvalue weighted by atomic mass is 16.5. The SMILES string of the molecule is Cc1ccc(C(=O)NCC2OC(CC(=O)NC(C)C)C(O)C2O)cc1. The Kier molecular flexibility index (Phi) is 6.52. The van der Waals surface area contributed by atoms with E-state index in [2.05, 4.69) is 10.6 Å². The molecule has 0 saturated carbocycles. The zero-order valence-electron chi connectivity index (χ0n) is 14.7. The predicted molar refractivity (Wildman–Crippen MR) is 92.1 cm³/mol. The third-order valence-electron chi connectivity index (χ3n) is 4.08. The molecule has 1 aliphatic rings. The molecule has 1 fully saturated rings. The maximum absolute atomic E-state index is 12.1. The number of hydrogen-bond donors (Lipinski definition) is 4. The van der Waals surface area contributed by atoms with Crippen LogP contribution in [0.25, 0.3) is 0 Å². The van der Waals surface area contributed by atoms with Crippen molar-refractivity contribution in [2.24, 2.45) is 0 Å². The van der Waals surface area contributed by atoms with E-state index in [4.69, 9.17) is 4.74 Å². The van der Waals surface area contributed by atoms with Crippen molar-refractivity contribution in [3.63, 3.8) is 0 Å². The number of carbonyl (C=O) groups excluding carboxylic acids is 2. The number of aliphatic hydroxyl groups excluding tert-OH is 2. The van der Waals surface area contributed by atoms with Gasteiger partial charge in [0.1, 0.15) is 18.3 Å². The minimum atomic E-state index is -1.17. The van der Waals surface area contributed by atoms with Crippen molar-refractivity contribution in [2.45, 2.75) is 57.6 Å². The topological polar surface area (TPSA) is 108 Å². The first-order chi connectivity index (χ1) is 11.8. The Morgan fingerprint density at radius 3 is 2.32 bits per heavy atom. The first-order valence-corrected chi connectivity index (χ1v) is 8.43. The van der Waals surface area contributed by atoms with E-state index in [0.29, 0.717) is 5.56 Å². The summed E-state index contributed by atoms with van der Waals surface area (Å²) in [6.07, 6.45) is -3.93. The van der Waals surface area contributed by atoms with Gasteiger partial charge in [0.05, 0.1) is 12.5 Å². The molecular weight excluding hydrogens is 324 g/mol. The van der Waals surface area contributed by atoms with Gasteiger partial charge in [0.15, 0.2) is 0 Å². The number of aliphatic hydroxyl groups is 2. The summed E-state index contributed by atoms with van der Waals surface area (Å²) in [5.41, 5.74) is 1.56. The highest BCUT2D eigenvalue weighted by Gasteiger charge is 2.43. The van der Waals surface area contributed by atoms with Crippen molar-refractivity contribution >= 4 is 11.8 Å². The predicted octanol–water partition coefficient (Wildman–Crippen LogP) is 0.129. The van der Waals surface area contributed by atoms with Crippen LogP contribution in [0.15, 0.2) is 24.3 Å². The Labute approximate surface area is 147 Å². The van der Waals surface area contributed by atoms with Gasteiger partial charge in [-0.2, -0.15) is 0 Å². The fourth-order valence-corrected chi connectivity index (χ4v) is 2.73. The zero-order chi connectivity index (χ0) is 18.6. The maximum Gasteiger partial charge on any atom is 0.251 e. The van der Waals surface area contributed by atoms with Crippen LogP contribution >= 0.6 is 0 Å². The lowest BCUT2D eigenvalue weighted by molar-refractivity contribution is -0.125. The smallest absolute Gasteiger partial charge is 0.251 e. The van der Waals surface area contributed by atoms with Crippen molar-refractivity contribution < 1.29 is 24.5 Å². The Balaban J connectivity index is 1.87. The lowest BCUT2D eigenvalue weighted by Gasteiger charge is -2.16. The minimum absolute atomic E-state index is 0.0134. The van der Waals surface area contributed by atoms with Gasteiger partial charge in [-0.05, 0) is 32.9 Å². The van der Waals surface area contributed by atoms with Gasteiger partial charge in [-0.25, -0.2) is 0 Å². The Hall–Kier alpha value is -1.96. The van der Waals surface area contributed by atoms with Crippen molar-refractivity contribution in [3.8, 4) is 0 Å². The first-order valence-electron chi connectivity index (χ1n) is 8.43. The molecule has 4 unspecified atom stereocenters. The third kappa shape index (κ3) is 5.26. The van der Waals surface area contributed by atoms with Gasteiger partial charge in [0.25, 0.3) is 5.91 Å². The van der Waals surface area contributed by atoms with Crippen LogP contribution in [-0.2, 0) is 9.53 Å². The Morgan fingerprint density at radius 1 is 1.12 bits per heavy atom. The number of amides is 2. The van der Waals surface area contributed by atoms with Crippen LogP contribution in [0.5, 0.6) is 0 Å². The second-order valence-electron chi connectivity index (χ2n) is 6.70. The van der Waals surface area contributed by atoms with Gasteiger partial charge in [0.2, 0.25) is 5.91 Å². The van der Waals surface area contributed by atoms with E-state index >= 15 is 0 Å². The average molecular weight is 350 g/mol. The van der Waals surface area contributed by atoms with Gasteiger partial charge >= 0.3 is 0 Å². The molecule has 138 valence electrons. The summed E-state index contributed by atoms with van der Waals surface area (Å²) in [7, 11) is 0. The largest absolute Gasteiger partial charge is 0.388 e. The molecule has 1 aromatic rings. The number of benzene rings is 1. The summed E-state index contributed by atoms with van der Waals surface area (Å²) < 4.78 is 5.57. The summed E-state index contributed by atoms with van der Waals surface area (Å²) in [4.78, 5) is 23.9. The lowest BCUT2D eigenvalue weighted by atomic mass is 10.0. The van der Waals surface area contributed by atoms with Crippen LogP contribution in [0.4, 0.5) is 0 Å². The molecule has 0 aliphatic carbocycles. The second kappa shape index (κ2) is 8.42. The standard InChI is InChI=1S/C18H26N2O5/c1-10(2)20-15(21)8-13-16(22)17(23)14(25-13)9-19-18(24)12-6-4-11(3)5-7-12/h4-7,10,13-14,16-17,22-23H,8-9H2,1-3H3,(H,19,24)(H,20,21). The molecule has 25 heavy (non-hydrogen) atoms. The molecule has 4 atom stereocenters. The summed E-state index contributed by atoms with van der Waals surface area (Å²) in [5, 5.41) is 25.5. The van der Waals surface area contributed by atoms with Crippen LogP contribution in [0.2, 0.25) is 0 Å². The van der Waals surface area contributed by atoms with Gasteiger partial charge in [-0.3, -0.25) is 9.59 Å². The average Bonchev–Trinajstić information content (AvgIpc) is 2.80. The molecule has 2 rings (SSSR count). The van der Waals surface area contributed by atoms with Crippen molar-refractivity contribution in [1.82, 2.24) is 10.6 Å². The summed E-state index contributed by atoms with van der Waals surface area (Å²) >= 11 is 0. The van der Waals surface area contributed by atoms with E-state index in [1.165, 1.54) is 0 Å². The van der Waals surface area contributed by atoms with Crippen LogP contribution in [0.1, 0.15) is 36.2 Å². The molecule has 1 saturated heterocycles. The van der Waals surface area contributed by atoms with Gasteiger partial charge in [0, 0.05) is 18.2 Å². The van der Waals surface area contributed by atoms with Crippen molar-refractivity contribution in [2.75, 3.05) is 6.54 Å². The van der Waals surface area contributed by atoms with Crippen molar-refractivity contribution in [1.29, 1.82) is 0 Å². The molecule has 0 aromatic heterocycles. The number of aryl methyl sites for hydroxylation is 1. The molecule has 0 spiro atoms. The quantitative estimate of drug-likeness (QED) is 0.583. The second-order valence-corrected chi connectivity index (χ2v) is 6.70. The minimum Gasteiger partial charge on any atom is -0.388 e. The zero-order valence-corrected chi connectivity index (χ0v) is 14.7. The number of carbonyl (C=O) groups is 2. The summed E-state index contributed by atoms with van der Waals surface area (Å²) in [6, 6.07) is 7.08. The van der Waals surface area contributed by atoms with Gasteiger partial charge in [-0.1, -0.05) is 17.7 Å². The van der Waals surface area contributed by atoms with E-state index in [0.717, 1.165) is 5.56 Å². The summed E-state index contributed by atoms with van der Waals surface area (Å²) in [5.74, 6) is -0.540. The molecule has 0 radical (unpaired) electrons. The van der Waals surface area contributed by atoms with Gasteiger partial charge < -0.3 is 25.6 Å². The molecule has 7 heteroatoms.